The third kappa shape index (κ3) is 3.78. The second-order valence-electron chi connectivity index (χ2n) is 8.15. The van der Waals surface area contributed by atoms with Crippen molar-refractivity contribution >= 4 is 22.7 Å². The van der Waals surface area contributed by atoms with Crippen molar-refractivity contribution in [3.63, 3.8) is 0 Å². The van der Waals surface area contributed by atoms with Gasteiger partial charge in [0.1, 0.15) is 0 Å². The van der Waals surface area contributed by atoms with Gasteiger partial charge in [-0.3, -0.25) is 14.5 Å². The summed E-state index contributed by atoms with van der Waals surface area (Å²) < 4.78 is 0. The molecule has 0 atom stereocenters. The number of piperidine rings is 1. The molecule has 1 N–H and O–H groups in total. The van der Waals surface area contributed by atoms with E-state index >= 15 is 0 Å². The second-order valence-corrected chi connectivity index (χ2v) is 8.15. The van der Waals surface area contributed by atoms with Gasteiger partial charge in [-0.15, -0.1) is 0 Å². The number of nitrogens with zero attached hydrogens (tertiary/aromatic N) is 3. The minimum atomic E-state index is 0.0853. The Morgan fingerprint density at radius 3 is 2.36 bits per heavy atom. The van der Waals surface area contributed by atoms with Gasteiger partial charge in [-0.2, -0.15) is 0 Å². The van der Waals surface area contributed by atoms with Gasteiger partial charge in [-0.1, -0.05) is 0 Å². The summed E-state index contributed by atoms with van der Waals surface area (Å²) in [5.74, 6) is 0.324. The molecule has 0 radical (unpaired) electrons. The number of benzene rings is 1. The second kappa shape index (κ2) is 7.95. The third-order valence-electron chi connectivity index (χ3n) is 6.28. The van der Waals surface area contributed by atoms with Crippen LogP contribution in [0.3, 0.4) is 0 Å². The fraction of sp³-hybridized carbons (Fsp3) is 0.545. The number of hydrogen-bond acceptors (Lipinski definition) is 3. The fourth-order valence-electron chi connectivity index (χ4n) is 4.32. The van der Waals surface area contributed by atoms with Crippen molar-refractivity contribution < 1.29 is 9.59 Å². The lowest BCUT2D eigenvalue weighted by Crippen LogP contribution is -2.52. The molecular weight excluding hydrogens is 352 g/mol. The zero-order valence-corrected chi connectivity index (χ0v) is 17.0. The monoisotopic (exact) mass is 382 g/mol. The first-order valence-corrected chi connectivity index (χ1v) is 10.4. The van der Waals surface area contributed by atoms with Crippen molar-refractivity contribution in [1.29, 1.82) is 0 Å². The van der Waals surface area contributed by atoms with Crippen molar-refractivity contribution in [2.45, 2.75) is 33.1 Å². The molecular formula is C22H30N4O2. The summed E-state index contributed by atoms with van der Waals surface area (Å²) in [5.41, 5.74) is 4.16. The summed E-state index contributed by atoms with van der Waals surface area (Å²) in [6.07, 6.45) is 3.48. The predicted molar refractivity (Wildman–Crippen MR) is 111 cm³/mol. The van der Waals surface area contributed by atoms with Crippen molar-refractivity contribution in [3.05, 3.63) is 35.0 Å². The molecule has 2 aliphatic heterocycles. The van der Waals surface area contributed by atoms with Crippen LogP contribution in [0.2, 0.25) is 0 Å². The summed E-state index contributed by atoms with van der Waals surface area (Å²) in [6, 6.07) is 5.91. The first kappa shape index (κ1) is 19.0. The molecule has 6 nitrogen and oxygen atoms in total. The van der Waals surface area contributed by atoms with Crippen molar-refractivity contribution in [3.8, 4) is 0 Å². The first-order valence-electron chi connectivity index (χ1n) is 10.4. The summed E-state index contributed by atoms with van der Waals surface area (Å²) in [7, 11) is 0. The number of amides is 2. The van der Waals surface area contributed by atoms with Gasteiger partial charge < -0.3 is 14.8 Å². The minimum absolute atomic E-state index is 0.0853. The topological polar surface area (TPSA) is 59.7 Å². The van der Waals surface area contributed by atoms with Gasteiger partial charge in [0.25, 0.3) is 5.91 Å². The smallest absolute Gasteiger partial charge is 0.253 e. The maximum absolute atomic E-state index is 13.0. The molecule has 1 aromatic carbocycles. The SMILES string of the molecule is Cc1[nH]c2ccc(C(=O)N3CCN(CC(=O)N4CCCCC4)CC3)cc2c1C. The van der Waals surface area contributed by atoms with E-state index in [2.05, 4.69) is 23.7 Å². The zero-order chi connectivity index (χ0) is 19.7. The maximum Gasteiger partial charge on any atom is 0.253 e. The van der Waals surface area contributed by atoms with Crippen LogP contribution in [0, 0.1) is 13.8 Å². The lowest BCUT2D eigenvalue weighted by molar-refractivity contribution is -0.133. The van der Waals surface area contributed by atoms with E-state index in [0.717, 1.165) is 61.2 Å². The molecule has 2 saturated heterocycles. The van der Waals surface area contributed by atoms with Crippen molar-refractivity contribution in [2.75, 3.05) is 45.8 Å². The lowest BCUT2D eigenvalue weighted by atomic mass is 10.1. The van der Waals surface area contributed by atoms with E-state index in [1.54, 1.807) is 0 Å². The quantitative estimate of drug-likeness (QED) is 0.888. The molecule has 6 heteroatoms. The van der Waals surface area contributed by atoms with Crippen LogP contribution in [0.1, 0.15) is 40.9 Å². The van der Waals surface area contributed by atoms with Gasteiger partial charge in [0, 0.05) is 61.4 Å². The summed E-state index contributed by atoms with van der Waals surface area (Å²) in [4.78, 5) is 34.9. The molecule has 2 amide bonds. The summed E-state index contributed by atoms with van der Waals surface area (Å²) >= 11 is 0. The van der Waals surface area contributed by atoms with Crippen LogP contribution in [-0.2, 0) is 4.79 Å². The van der Waals surface area contributed by atoms with E-state index in [4.69, 9.17) is 0 Å². The van der Waals surface area contributed by atoms with Gasteiger partial charge in [0.2, 0.25) is 5.91 Å². The molecule has 28 heavy (non-hydrogen) atoms. The molecule has 2 aromatic rings. The number of piperazine rings is 1. The van der Waals surface area contributed by atoms with Crippen LogP contribution in [-0.4, -0.2) is 77.3 Å². The number of aromatic nitrogens is 1. The van der Waals surface area contributed by atoms with Gasteiger partial charge in [-0.05, 0) is 56.9 Å². The Bertz CT molecular complexity index is 874. The lowest BCUT2D eigenvalue weighted by Gasteiger charge is -2.36. The highest BCUT2D eigenvalue weighted by atomic mass is 16.2. The number of H-pyrrole nitrogens is 1. The van der Waals surface area contributed by atoms with Gasteiger partial charge in [-0.25, -0.2) is 0 Å². The van der Waals surface area contributed by atoms with Crippen molar-refractivity contribution in [2.24, 2.45) is 0 Å². The Labute approximate surface area is 166 Å². The summed E-state index contributed by atoms with van der Waals surface area (Å²) in [6.45, 7) is 9.30. The third-order valence-corrected chi connectivity index (χ3v) is 6.28. The van der Waals surface area contributed by atoms with Crippen LogP contribution < -0.4 is 0 Å². The molecule has 0 bridgehead atoms. The van der Waals surface area contributed by atoms with E-state index in [9.17, 15) is 9.59 Å². The standard InChI is InChI=1S/C22H30N4O2/c1-16-17(2)23-20-7-6-18(14-19(16)20)22(28)26-12-10-24(11-13-26)15-21(27)25-8-4-3-5-9-25/h6-7,14,23H,3-5,8-13,15H2,1-2H3. The van der Waals surface area contributed by atoms with E-state index < -0.39 is 0 Å². The number of likely N-dealkylation sites (tertiary alicyclic amines) is 1. The number of fused-ring (bicyclic) bond motifs is 1. The molecule has 0 unspecified atom stereocenters. The number of nitrogens with one attached hydrogen (secondary N) is 1. The molecule has 1 aromatic heterocycles. The zero-order valence-electron chi connectivity index (χ0n) is 17.0. The molecule has 3 heterocycles. The highest BCUT2D eigenvalue weighted by Crippen LogP contribution is 2.23. The van der Waals surface area contributed by atoms with E-state index in [1.165, 1.54) is 12.0 Å². The van der Waals surface area contributed by atoms with Crippen LogP contribution in [0.25, 0.3) is 10.9 Å². The number of aryl methyl sites for hydroxylation is 2. The molecule has 0 saturated carbocycles. The van der Waals surface area contributed by atoms with E-state index in [-0.39, 0.29) is 11.8 Å². The fourth-order valence-corrected chi connectivity index (χ4v) is 4.32. The Hall–Kier alpha value is -2.34. The molecule has 0 spiro atoms. The number of aromatic amines is 1. The van der Waals surface area contributed by atoms with Gasteiger partial charge >= 0.3 is 0 Å². The Balaban J connectivity index is 1.35. The van der Waals surface area contributed by atoms with Crippen LogP contribution in [0.4, 0.5) is 0 Å². The molecule has 2 aliphatic rings. The average molecular weight is 383 g/mol. The Morgan fingerprint density at radius 2 is 1.64 bits per heavy atom. The normalized spacial score (nSPS) is 18.6. The van der Waals surface area contributed by atoms with Crippen LogP contribution >= 0.6 is 0 Å². The first-order chi connectivity index (χ1) is 13.5. The predicted octanol–water partition coefficient (Wildman–Crippen LogP) is 2.56. The average Bonchev–Trinajstić information content (AvgIpc) is 3.02. The highest BCUT2D eigenvalue weighted by molar-refractivity contribution is 5.99. The summed E-state index contributed by atoms with van der Waals surface area (Å²) in [5, 5.41) is 1.12. The minimum Gasteiger partial charge on any atom is -0.358 e. The largest absolute Gasteiger partial charge is 0.358 e. The Kier molecular flexibility index (Phi) is 5.40. The van der Waals surface area contributed by atoms with E-state index in [1.807, 2.05) is 28.0 Å². The number of rotatable bonds is 3. The number of carbonyl (C=O) groups is 2. The van der Waals surface area contributed by atoms with Gasteiger partial charge in [0.15, 0.2) is 0 Å². The Morgan fingerprint density at radius 1 is 0.929 bits per heavy atom. The molecule has 4 rings (SSSR count). The van der Waals surface area contributed by atoms with Crippen LogP contribution in [0.5, 0.6) is 0 Å². The molecule has 2 fully saturated rings. The number of carbonyl (C=O) groups excluding carboxylic acids is 2. The molecule has 150 valence electrons. The van der Waals surface area contributed by atoms with Gasteiger partial charge in [0.05, 0.1) is 6.54 Å². The van der Waals surface area contributed by atoms with Crippen molar-refractivity contribution in [1.82, 2.24) is 19.7 Å². The molecule has 0 aliphatic carbocycles. The number of hydrogen-bond donors (Lipinski definition) is 1. The maximum atomic E-state index is 13.0. The van der Waals surface area contributed by atoms with E-state index in [0.29, 0.717) is 19.6 Å². The highest BCUT2D eigenvalue weighted by Gasteiger charge is 2.25. The van der Waals surface area contributed by atoms with Crippen LogP contribution in [0.15, 0.2) is 18.2 Å².